The second-order valence-corrected chi connectivity index (χ2v) is 8.87. The van der Waals surface area contributed by atoms with Crippen LogP contribution < -0.4 is 4.74 Å². The van der Waals surface area contributed by atoms with E-state index < -0.39 is 10.0 Å². The number of halogens is 1. The molecule has 1 saturated heterocycles. The van der Waals surface area contributed by atoms with E-state index in [1.807, 2.05) is 19.1 Å². The quantitative estimate of drug-likeness (QED) is 0.717. The number of piperazine rings is 1. The molecule has 0 unspecified atom stereocenters. The fraction of sp³-hybridized carbons (Fsp3) is 0.350. The molecule has 0 bridgehead atoms. The van der Waals surface area contributed by atoms with Crippen LogP contribution >= 0.6 is 11.6 Å². The smallest absolute Gasteiger partial charge is 0.243 e. The van der Waals surface area contributed by atoms with Crippen molar-refractivity contribution >= 4 is 27.5 Å². The van der Waals surface area contributed by atoms with Crippen molar-refractivity contribution < 1.29 is 17.9 Å². The van der Waals surface area contributed by atoms with Gasteiger partial charge in [-0.15, -0.1) is 0 Å². The zero-order chi connectivity index (χ0) is 20.1. The molecule has 2 aromatic rings. The Kier molecular flexibility index (Phi) is 6.59. The molecule has 1 aliphatic rings. The fourth-order valence-electron chi connectivity index (χ4n) is 3.09. The Labute approximate surface area is 170 Å². The molecule has 0 aromatic heterocycles. The number of nitrogens with zero attached hydrogens (tertiary/aromatic N) is 2. The number of amides is 1. The first-order valence-corrected chi connectivity index (χ1v) is 11.0. The summed E-state index contributed by atoms with van der Waals surface area (Å²) in [5.74, 6) is 0.625. The predicted molar refractivity (Wildman–Crippen MR) is 108 cm³/mol. The van der Waals surface area contributed by atoms with Crippen molar-refractivity contribution in [1.29, 1.82) is 0 Å². The highest BCUT2D eigenvalue weighted by atomic mass is 35.5. The molecule has 1 aliphatic heterocycles. The molecule has 0 saturated carbocycles. The number of sulfonamides is 1. The maximum atomic E-state index is 12.8. The summed E-state index contributed by atoms with van der Waals surface area (Å²) in [6.07, 6.45) is 0.281. The van der Waals surface area contributed by atoms with E-state index in [1.54, 1.807) is 41.3 Å². The van der Waals surface area contributed by atoms with E-state index in [-0.39, 0.29) is 30.3 Å². The summed E-state index contributed by atoms with van der Waals surface area (Å²) in [5.41, 5.74) is 0.888. The van der Waals surface area contributed by atoms with Gasteiger partial charge in [0.2, 0.25) is 15.9 Å². The second kappa shape index (κ2) is 8.94. The maximum Gasteiger partial charge on any atom is 0.243 e. The highest BCUT2D eigenvalue weighted by Crippen LogP contribution is 2.21. The number of rotatable bonds is 6. The van der Waals surface area contributed by atoms with Crippen LogP contribution in [0.3, 0.4) is 0 Å². The zero-order valence-corrected chi connectivity index (χ0v) is 17.2. The Hall–Kier alpha value is -2.09. The van der Waals surface area contributed by atoms with Gasteiger partial charge in [0.05, 0.1) is 17.9 Å². The van der Waals surface area contributed by atoms with Crippen molar-refractivity contribution in [3.63, 3.8) is 0 Å². The van der Waals surface area contributed by atoms with Crippen LogP contribution in [0.2, 0.25) is 5.02 Å². The Morgan fingerprint density at radius 2 is 1.61 bits per heavy atom. The summed E-state index contributed by atoms with van der Waals surface area (Å²) >= 11 is 5.87. The number of hydrogen-bond donors (Lipinski definition) is 0. The van der Waals surface area contributed by atoms with Crippen LogP contribution in [0.15, 0.2) is 53.4 Å². The minimum atomic E-state index is -3.58. The molecule has 3 rings (SSSR count). The monoisotopic (exact) mass is 422 g/mol. The Morgan fingerprint density at radius 3 is 2.18 bits per heavy atom. The fourth-order valence-corrected chi connectivity index (χ4v) is 4.64. The van der Waals surface area contributed by atoms with Gasteiger partial charge in [0.25, 0.3) is 0 Å². The van der Waals surface area contributed by atoms with Crippen LogP contribution in [-0.4, -0.2) is 56.3 Å². The largest absolute Gasteiger partial charge is 0.494 e. The van der Waals surface area contributed by atoms with Gasteiger partial charge >= 0.3 is 0 Å². The molecule has 1 fully saturated rings. The van der Waals surface area contributed by atoms with E-state index in [0.717, 1.165) is 5.56 Å². The maximum absolute atomic E-state index is 12.8. The van der Waals surface area contributed by atoms with Gasteiger partial charge in [0.1, 0.15) is 5.75 Å². The molecular formula is C20H23ClN2O4S. The first-order valence-electron chi connectivity index (χ1n) is 9.15. The molecule has 150 valence electrons. The van der Waals surface area contributed by atoms with Crippen molar-refractivity contribution in [1.82, 2.24) is 9.21 Å². The molecule has 2 aromatic carbocycles. The lowest BCUT2D eigenvalue weighted by molar-refractivity contribution is -0.131. The van der Waals surface area contributed by atoms with Crippen LogP contribution in [0.4, 0.5) is 0 Å². The summed E-state index contributed by atoms with van der Waals surface area (Å²) in [5, 5.41) is 0.629. The highest BCUT2D eigenvalue weighted by molar-refractivity contribution is 7.89. The van der Waals surface area contributed by atoms with Gasteiger partial charge in [-0.05, 0) is 48.9 Å². The Bertz CT molecular complexity index is 906. The topological polar surface area (TPSA) is 66.9 Å². The second-order valence-electron chi connectivity index (χ2n) is 6.49. The van der Waals surface area contributed by atoms with Crippen LogP contribution in [-0.2, 0) is 21.2 Å². The van der Waals surface area contributed by atoms with E-state index in [0.29, 0.717) is 30.5 Å². The van der Waals surface area contributed by atoms with E-state index in [4.69, 9.17) is 16.3 Å². The van der Waals surface area contributed by atoms with Crippen LogP contribution in [0.5, 0.6) is 5.75 Å². The summed E-state index contributed by atoms with van der Waals surface area (Å²) in [4.78, 5) is 14.4. The van der Waals surface area contributed by atoms with Gasteiger partial charge in [-0.3, -0.25) is 4.79 Å². The SMILES string of the molecule is CCOc1ccc(S(=O)(=O)N2CCN(C(=O)Cc3ccc(Cl)cc3)CC2)cc1. The molecule has 0 spiro atoms. The Morgan fingerprint density at radius 1 is 1.00 bits per heavy atom. The molecule has 0 N–H and O–H groups in total. The first kappa shape index (κ1) is 20.6. The van der Waals surface area contributed by atoms with Crippen molar-refractivity contribution in [2.45, 2.75) is 18.2 Å². The molecule has 8 heteroatoms. The van der Waals surface area contributed by atoms with Gasteiger partial charge in [0.15, 0.2) is 0 Å². The first-order chi connectivity index (χ1) is 13.4. The third-order valence-electron chi connectivity index (χ3n) is 4.63. The van der Waals surface area contributed by atoms with Gasteiger partial charge < -0.3 is 9.64 Å². The number of benzene rings is 2. The normalized spacial score (nSPS) is 15.4. The summed E-state index contributed by atoms with van der Waals surface area (Å²) < 4.78 is 32.4. The lowest BCUT2D eigenvalue weighted by Gasteiger charge is -2.34. The number of ether oxygens (including phenoxy) is 1. The summed E-state index contributed by atoms with van der Waals surface area (Å²) in [6.45, 7) is 3.71. The molecule has 1 heterocycles. The molecule has 0 atom stereocenters. The summed E-state index contributed by atoms with van der Waals surface area (Å²) in [7, 11) is -3.58. The minimum Gasteiger partial charge on any atom is -0.494 e. The minimum absolute atomic E-state index is 0.0135. The van der Waals surface area contributed by atoms with E-state index >= 15 is 0 Å². The van der Waals surface area contributed by atoms with Crippen LogP contribution in [0, 0.1) is 0 Å². The number of carbonyl (C=O) groups is 1. The standard InChI is InChI=1S/C20H23ClN2O4S/c1-2-27-18-7-9-19(10-8-18)28(25,26)23-13-11-22(12-14-23)20(24)15-16-3-5-17(21)6-4-16/h3-10H,2,11-15H2,1H3. The highest BCUT2D eigenvalue weighted by Gasteiger charge is 2.30. The molecular weight excluding hydrogens is 400 g/mol. The average Bonchev–Trinajstić information content (AvgIpc) is 2.70. The van der Waals surface area contributed by atoms with E-state index in [9.17, 15) is 13.2 Å². The molecule has 6 nitrogen and oxygen atoms in total. The van der Waals surface area contributed by atoms with Crippen molar-refractivity contribution in [2.24, 2.45) is 0 Å². The van der Waals surface area contributed by atoms with Crippen LogP contribution in [0.1, 0.15) is 12.5 Å². The lowest BCUT2D eigenvalue weighted by atomic mass is 10.1. The zero-order valence-electron chi connectivity index (χ0n) is 15.7. The van der Waals surface area contributed by atoms with Crippen molar-refractivity contribution in [3.05, 3.63) is 59.1 Å². The third-order valence-corrected chi connectivity index (χ3v) is 6.80. The van der Waals surface area contributed by atoms with Gasteiger partial charge in [-0.1, -0.05) is 23.7 Å². The summed E-state index contributed by atoms with van der Waals surface area (Å²) in [6, 6.07) is 13.6. The Balaban J connectivity index is 1.59. The van der Waals surface area contributed by atoms with E-state index in [1.165, 1.54) is 4.31 Å². The molecule has 28 heavy (non-hydrogen) atoms. The van der Waals surface area contributed by atoms with Crippen molar-refractivity contribution in [2.75, 3.05) is 32.8 Å². The van der Waals surface area contributed by atoms with E-state index in [2.05, 4.69) is 0 Å². The number of carbonyl (C=O) groups excluding carboxylic acids is 1. The predicted octanol–water partition coefficient (Wildman–Crippen LogP) is 2.81. The van der Waals surface area contributed by atoms with Gasteiger partial charge in [-0.2, -0.15) is 4.31 Å². The van der Waals surface area contributed by atoms with Gasteiger partial charge in [0, 0.05) is 31.2 Å². The third kappa shape index (κ3) is 4.84. The molecule has 0 radical (unpaired) electrons. The van der Waals surface area contributed by atoms with Gasteiger partial charge in [-0.25, -0.2) is 8.42 Å². The average molecular weight is 423 g/mol. The van der Waals surface area contributed by atoms with Crippen LogP contribution in [0.25, 0.3) is 0 Å². The lowest BCUT2D eigenvalue weighted by Crippen LogP contribution is -2.50. The number of hydrogen-bond acceptors (Lipinski definition) is 4. The molecule has 0 aliphatic carbocycles. The van der Waals surface area contributed by atoms with Crippen molar-refractivity contribution in [3.8, 4) is 5.75 Å². The molecule has 1 amide bonds.